The van der Waals surface area contributed by atoms with E-state index in [9.17, 15) is 17.6 Å². The lowest BCUT2D eigenvalue weighted by atomic mass is 10.2. The number of aryl methyl sites for hydroxylation is 1. The minimum Gasteiger partial charge on any atom is -0.489 e. The summed E-state index contributed by atoms with van der Waals surface area (Å²) in [4.78, 5) is 12.8. The number of hydrogen-bond acceptors (Lipinski definition) is 4. The van der Waals surface area contributed by atoms with Gasteiger partial charge in [-0.25, -0.2) is 12.8 Å². The third-order valence-electron chi connectivity index (χ3n) is 5.40. The fourth-order valence-corrected chi connectivity index (χ4v) is 4.93. The number of anilines is 2. The van der Waals surface area contributed by atoms with E-state index in [0.29, 0.717) is 18.0 Å². The molecule has 36 heavy (non-hydrogen) atoms. The van der Waals surface area contributed by atoms with E-state index in [4.69, 9.17) is 4.74 Å². The molecule has 8 heteroatoms. The number of para-hydroxylation sites is 1. The molecule has 1 N–H and O–H groups in total. The molecule has 4 aromatic carbocycles. The highest BCUT2D eigenvalue weighted by atomic mass is 32.2. The van der Waals surface area contributed by atoms with Crippen LogP contribution in [0.1, 0.15) is 11.1 Å². The highest BCUT2D eigenvalue weighted by Crippen LogP contribution is 2.26. The van der Waals surface area contributed by atoms with Crippen molar-refractivity contribution in [2.24, 2.45) is 0 Å². The summed E-state index contributed by atoms with van der Waals surface area (Å²) in [7, 11) is -4.21. The van der Waals surface area contributed by atoms with Crippen LogP contribution in [0.4, 0.5) is 15.8 Å². The lowest BCUT2D eigenvalue weighted by Gasteiger charge is -2.24. The second-order valence-corrected chi connectivity index (χ2v) is 9.99. The molecule has 4 rings (SSSR count). The number of benzene rings is 4. The van der Waals surface area contributed by atoms with Gasteiger partial charge in [0.25, 0.3) is 10.0 Å². The summed E-state index contributed by atoms with van der Waals surface area (Å²) in [5.41, 5.74) is 2.14. The number of nitrogens with one attached hydrogen (secondary N) is 1. The van der Waals surface area contributed by atoms with Crippen molar-refractivity contribution in [3.05, 3.63) is 120 Å². The first-order valence-corrected chi connectivity index (χ1v) is 12.7. The summed E-state index contributed by atoms with van der Waals surface area (Å²) in [5, 5.41) is 2.67. The minimum absolute atomic E-state index is 0.0379. The van der Waals surface area contributed by atoms with Gasteiger partial charge in [-0.1, -0.05) is 60.2 Å². The number of amides is 1. The number of rotatable bonds is 9. The van der Waals surface area contributed by atoms with Crippen LogP contribution in [0.5, 0.6) is 5.75 Å². The standard InChI is InChI=1S/C28H25FN2O4S/c1-21-11-17-25(18-12-21)36(33,34)31(27-10-6-5-9-26(27)29)19-28(32)30-23-13-15-24(16-14-23)35-20-22-7-3-2-4-8-22/h2-18H,19-20H2,1H3,(H,30,32). The quantitative estimate of drug-likeness (QED) is 0.324. The molecule has 0 bridgehead atoms. The molecule has 0 aliphatic rings. The lowest BCUT2D eigenvalue weighted by Crippen LogP contribution is -2.38. The maximum absolute atomic E-state index is 14.6. The van der Waals surface area contributed by atoms with E-state index in [2.05, 4.69) is 5.32 Å². The summed E-state index contributed by atoms with van der Waals surface area (Å²) in [6.07, 6.45) is 0. The van der Waals surface area contributed by atoms with Crippen LogP contribution in [-0.2, 0) is 21.4 Å². The Bertz CT molecular complexity index is 1420. The maximum Gasteiger partial charge on any atom is 0.264 e. The second-order valence-electron chi connectivity index (χ2n) is 8.12. The van der Waals surface area contributed by atoms with Crippen molar-refractivity contribution in [2.45, 2.75) is 18.4 Å². The Morgan fingerprint density at radius 3 is 2.17 bits per heavy atom. The largest absolute Gasteiger partial charge is 0.489 e. The van der Waals surface area contributed by atoms with Crippen LogP contribution < -0.4 is 14.4 Å². The van der Waals surface area contributed by atoms with E-state index >= 15 is 0 Å². The molecule has 0 heterocycles. The molecule has 0 fully saturated rings. The van der Waals surface area contributed by atoms with Crippen LogP contribution in [0.25, 0.3) is 0 Å². The van der Waals surface area contributed by atoms with Crippen molar-refractivity contribution in [1.82, 2.24) is 0 Å². The zero-order chi connectivity index (χ0) is 25.5. The molecule has 184 valence electrons. The molecule has 0 radical (unpaired) electrons. The molecule has 0 aromatic heterocycles. The van der Waals surface area contributed by atoms with Gasteiger partial charge in [0.2, 0.25) is 5.91 Å². The van der Waals surface area contributed by atoms with Gasteiger partial charge in [-0.15, -0.1) is 0 Å². The average Bonchev–Trinajstić information content (AvgIpc) is 2.88. The monoisotopic (exact) mass is 504 g/mol. The topological polar surface area (TPSA) is 75.7 Å². The number of nitrogens with zero attached hydrogens (tertiary/aromatic N) is 1. The summed E-state index contributed by atoms with van der Waals surface area (Å²) in [5.74, 6) is -0.750. The van der Waals surface area contributed by atoms with Crippen LogP contribution >= 0.6 is 0 Å². The van der Waals surface area contributed by atoms with Crippen molar-refractivity contribution in [3.63, 3.8) is 0 Å². The lowest BCUT2D eigenvalue weighted by molar-refractivity contribution is -0.114. The van der Waals surface area contributed by atoms with Gasteiger partial charge in [-0.2, -0.15) is 0 Å². The fraction of sp³-hybridized carbons (Fsp3) is 0.107. The molecular formula is C28H25FN2O4S. The van der Waals surface area contributed by atoms with E-state index in [0.717, 1.165) is 21.5 Å². The van der Waals surface area contributed by atoms with Gasteiger partial charge in [0.1, 0.15) is 24.7 Å². The van der Waals surface area contributed by atoms with Crippen molar-refractivity contribution in [2.75, 3.05) is 16.2 Å². The Hall–Kier alpha value is -4.17. The molecule has 4 aromatic rings. The molecule has 1 amide bonds. The Balaban J connectivity index is 1.49. The zero-order valence-electron chi connectivity index (χ0n) is 19.6. The molecular weight excluding hydrogens is 479 g/mol. The van der Waals surface area contributed by atoms with Crippen LogP contribution in [0.2, 0.25) is 0 Å². The zero-order valence-corrected chi connectivity index (χ0v) is 20.4. The summed E-state index contributed by atoms with van der Waals surface area (Å²) >= 11 is 0. The maximum atomic E-state index is 14.6. The number of ether oxygens (including phenoxy) is 1. The molecule has 0 unspecified atom stereocenters. The van der Waals surface area contributed by atoms with E-state index in [1.54, 1.807) is 36.4 Å². The van der Waals surface area contributed by atoms with Gasteiger partial charge in [0.15, 0.2) is 0 Å². The van der Waals surface area contributed by atoms with Gasteiger partial charge in [0.05, 0.1) is 10.6 Å². The number of carbonyl (C=O) groups excluding carboxylic acids is 1. The highest BCUT2D eigenvalue weighted by molar-refractivity contribution is 7.92. The summed E-state index contributed by atoms with van der Waals surface area (Å²) < 4.78 is 47.9. The first kappa shape index (κ1) is 24.9. The van der Waals surface area contributed by atoms with E-state index < -0.39 is 28.3 Å². The summed E-state index contributed by atoms with van der Waals surface area (Å²) in [6.45, 7) is 1.63. The van der Waals surface area contributed by atoms with Crippen molar-refractivity contribution >= 4 is 27.3 Å². The number of halogens is 1. The normalized spacial score (nSPS) is 11.1. The van der Waals surface area contributed by atoms with E-state index in [1.807, 2.05) is 37.3 Å². The summed E-state index contributed by atoms with van der Waals surface area (Å²) in [6, 6.07) is 28.0. The predicted octanol–water partition coefficient (Wildman–Crippen LogP) is 5.55. The third kappa shape index (κ3) is 6.09. The molecule has 0 spiro atoms. The van der Waals surface area contributed by atoms with E-state index in [-0.39, 0.29) is 10.6 Å². The van der Waals surface area contributed by atoms with Gasteiger partial charge < -0.3 is 10.1 Å². The van der Waals surface area contributed by atoms with Gasteiger partial charge in [-0.05, 0) is 61.0 Å². The molecule has 0 atom stereocenters. The van der Waals surface area contributed by atoms with E-state index in [1.165, 1.54) is 30.3 Å². The Morgan fingerprint density at radius 2 is 1.50 bits per heavy atom. The number of hydrogen-bond donors (Lipinski definition) is 1. The van der Waals surface area contributed by atoms with Crippen molar-refractivity contribution < 1.29 is 22.3 Å². The molecule has 0 saturated heterocycles. The predicted molar refractivity (Wildman–Crippen MR) is 138 cm³/mol. The van der Waals surface area contributed by atoms with Gasteiger partial charge in [-0.3, -0.25) is 9.10 Å². The Labute approximate surface area is 210 Å². The van der Waals surface area contributed by atoms with Crippen LogP contribution in [0.3, 0.4) is 0 Å². The van der Waals surface area contributed by atoms with Gasteiger partial charge >= 0.3 is 0 Å². The van der Waals surface area contributed by atoms with Gasteiger partial charge in [0, 0.05) is 5.69 Å². The van der Waals surface area contributed by atoms with Crippen LogP contribution in [0.15, 0.2) is 108 Å². The SMILES string of the molecule is Cc1ccc(S(=O)(=O)N(CC(=O)Nc2ccc(OCc3ccccc3)cc2)c2ccccc2F)cc1. The molecule has 6 nitrogen and oxygen atoms in total. The first-order chi connectivity index (χ1) is 17.3. The molecule has 0 aliphatic carbocycles. The van der Waals surface area contributed by atoms with Crippen LogP contribution in [0, 0.1) is 12.7 Å². The first-order valence-electron chi connectivity index (χ1n) is 11.2. The smallest absolute Gasteiger partial charge is 0.264 e. The highest BCUT2D eigenvalue weighted by Gasteiger charge is 2.29. The van der Waals surface area contributed by atoms with Crippen molar-refractivity contribution in [3.8, 4) is 5.75 Å². The van der Waals surface area contributed by atoms with Crippen LogP contribution in [-0.4, -0.2) is 20.9 Å². The fourth-order valence-electron chi connectivity index (χ4n) is 3.50. The van der Waals surface area contributed by atoms with Crippen molar-refractivity contribution in [1.29, 1.82) is 0 Å². The number of carbonyl (C=O) groups is 1. The second kappa shape index (κ2) is 11.0. The molecule has 0 aliphatic heterocycles. The minimum atomic E-state index is -4.21. The Kier molecular flexibility index (Phi) is 7.65. The molecule has 0 saturated carbocycles. The Morgan fingerprint density at radius 1 is 0.861 bits per heavy atom. The number of sulfonamides is 1. The third-order valence-corrected chi connectivity index (χ3v) is 7.18. The average molecular weight is 505 g/mol.